The minimum atomic E-state index is -0.805. The number of hydrogen-bond acceptors (Lipinski definition) is 5. The van der Waals surface area contributed by atoms with E-state index >= 15 is 0 Å². The van der Waals surface area contributed by atoms with Gasteiger partial charge in [0.1, 0.15) is 5.60 Å². The van der Waals surface area contributed by atoms with Crippen molar-refractivity contribution in [2.24, 2.45) is 0 Å². The molecule has 1 aromatic rings. The van der Waals surface area contributed by atoms with Crippen LogP contribution in [0.3, 0.4) is 0 Å². The summed E-state index contributed by atoms with van der Waals surface area (Å²) in [6.45, 7) is 12.9. The Hall–Kier alpha value is -1.67. The molecule has 1 N–H and O–H groups in total. The van der Waals surface area contributed by atoms with Crippen molar-refractivity contribution in [1.82, 2.24) is 4.98 Å². The fourth-order valence-corrected chi connectivity index (χ4v) is 2.07. The third kappa shape index (κ3) is 4.05. The molecule has 0 bridgehead atoms. The predicted molar refractivity (Wildman–Crippen MR) is 89.8 cm³/mol. The standard InChI is InChI=1S/C16H24BFN2O4/c1-14(2,3)22-13(21)20-11-8-10(9-19-12(11)18)17-23-15(4,5)16(6,7)24-17/h8-9H,1-7H3,(H,20,21). The van der Waals surface area contributed by atoms with E-state index in [0.29, 0.717) is 5.46 Å². The van der Waals surface area contributed by atoms with Crippen LogP contribution in [0, 0.1) is 5.95 Å². The highest BCUT2D eigenvalue weighted by Gasteiger charge is 2.52. The van der Waals surface area contributed by atoms with Crippen LogP contribution in [0.4, 0.5) is 14.9 Å². The number of carbonyl (C=O) groups is 1. The number of carbonyl (C=O) groups excluding carboxylic acids is 1. The minimum Gasteiger partial charge on any atom is -0.444 e. The van der Waals surface area contributed by atoms with E-state index in [1.165, 1.54) is 12.3 Å². The molecular weight excluding hydrogens is 314 g/mol. The van der Waals surface area contributed by atoms with Gasteiger partial charge in [0.2, 0.25) is 5.95 Å². The van der Waals surface area contributed by atoms with Crippen molar-refractivity contribution in [1.29, 1.82) is 0 Å². The molecule has 0 spiro atoms. The predicted octanol–water partition coefficient (Wildman–Crippen LogP) is 2.87. The van der Waals surface area contributed by atoms with Crippen molar-refractivity contribution in [3.8, 4) is 0 Å². The summed E-state index contributed by atoms with van der Waals surface area (Å²) >= 11 is 0. The third-order valence-corrected chi connectivity index (χ3v) is 4.02. The Morgan fingerprint density at radius 2 is 1.79 bits per heavy atom. The summed E-state index contributed by atoms with van der Waals surface area (Å²) in [4.78, 5) is 15.5. The van der Waals surface area contributed by atoms with Crippen molar-refractivity contribution in [3.63, 3.8) is 0 Å². The maximum Gasteiger partial charge on any atom is 0.496 e. The molecule has 2 rings (SSSR count). The summed E-state index contributed by atoms with van der Waals surface area (Å²) in [5.74, 6) is -0.805. The molecule has 0 unspecified atom stereocenters. The number of halogens is 1. The number of pyridine rings is 1. The highest BCUT2D eigenvalue weighted by atomic mass is 19.1. The lowest BCUT2D eigenvalue weighted by Gasteiger charge is -2.32. The zero-order valence-electron chi connectivity index (χ0n) is 15.2. The van der Waals surface area contributed by atoms with Crippen LogP contribution in [0.2, 0.25) is 0 Å². The smallest absolute Gasteiger partial charge is 0.444 e. The second-order valence-electron chi connectivity index (χ2n) is 7.82. The van der Waals surface area contributed by atoms with Crippen molar-refractivity contribution >= 4 is 24.4 Å². The highest BCUT2D eigenvalue weighted by molar-refractivity contribution is 6.62. The molecule has 1 aliphatic heterocycles. The first-order chi connectivity index (χ1) is 10.8. The molecule has 1 amide bonds. The lowest BCUT2D eigenvalue weighted by Crippen LogP contribution is -2.41. The molecule has 0 aliphatic carbocycles. The van der Waals surface area contributed by atoms with E-state index in [-0.39, 0.29) is 5.69 Å². The lowest BCUT2D eigenvalue weighted by atomic mass is 9.80. The SMILES string of the molecule is CC(C)(C)OC(=O)Nc1cc(B2OC(C)(C)C(C)(C)O2)cnc1F. The first kappa shape index (κ1) is 18.7. The molecule has 24 heavy (non-hydrogen) atoms. The molecule has 132 valence electrons. The highest BCUT2D eigenvalue weighted by Crippen LogP contribution is 2.36. The number of rotatable bonds is 2. The number of nitrogens with zero attached hydrogens (tertiary/aromatic N) is 1. The van der Waals surface area contributed by atoms with Gasteiger partial charge in [0.25, 0.3) is 0 Å². The van der Waals surface area contributed by atoms with Crippen LogP contribution in [0.15, 0.2) is 12.3 Å². The summed E-state index contributed by atoms with van der Waals surface area (Å²) in [7, 11) is -0.692. The first-order valence-corrected chi connectivity index (χ1v) is 7.82. The molecule has 1 fully saturated rings. The van der Waals surface area contributed by atoms with Gasteiger partial charge in [-0.1, -0.05) is 0 Å². The quantitative estimate of drug-likeness (QED) is 0.663. The number of ether oxygens (including phenoxy) is 1. The van der Waals surface area contributed by atoms with Gasteiger partial charge in [-0.15, -0.1) is 0 Å². The second-order valence-corrected chi connectivity index (χ2v) is 7.82. The normalized spacial score (nSPS) is 19.2. The molecule has 1 aromatic heterocycles. The molecule has 0 saturated carbocycles. The van der Waals surface area contributed by atoms with E-state index in [1.54, 1.807) is 20.8 Å². The van der Waals surface area contributed by atoms with Gasteiger partial charge in [0.15, 0.2) is 0 Å². The van der Waals surface area contributed by atoms with E-state index in [9.17, 15) is 9.18 Å². The summed E-state index contributed by atoms with van der Waals surface area (Å²) in [6, 6.07) is 1.44. The molecule has 2 heterocycles. The Balaban J connectivity index is 2.19. The topological polar surface area (TPSA) is 69.7 Å². The van der Waals surface area contributed by atoms with Crippen molar-refractivity contribution in [3.05, 3.63) is 18.2 Å². The molecule has 0 atom stereocenters. The van der Waals surface area contributed by atoms with Gasteiger partial charge >= 0.3 is 13.2 Å². The van der Waals surface area contributed by atoms with Crippen molar-refractivity contribution < 1.29 is 23.2 Å². The van der Waals surface area contributed by atoms with Crippen LogP contribution in [0.5, 0.6) is 0 Å². The third-order valence-electron chi connectivity index (χ3n) is 4.02. The van der Waals surface area contributed by atoms with Crippen LogP contribution >= 0.6 is 0 Å². The molecule has 1 saturated heterocycles. The average molecular weight is 338 g/mol. The van der Waals surface area contributed by atoms with Crippen molar-refractivity contribution in [2.45, 2.75) is 65.3 Å². The number of aromatic nitrogens is 1. The van der Waals surface area contributed by atoms with Gasteiger partial charge in [0, 0.05) is 11.7 Å². The Labute approximate surface area is 142 Å². The Kier molecular flexibility index (Phi) is 4.67. The van der Waals surface area contributed by atoms with Gasteiger partial charge < -0.3 is 14.0 Å². The van der Waals surface area contributed by atoms with Crippen molar-refractivity contribution in [2.75, 3.05) is 5.32 Å². The average Bonchev–Trinajstić information content (AvgIpc) is 2.59. The maximum atomic E-state index is 13.9. The Bertz CT molecular complexity index is 627. The minimum absolute atomic E-state index is 0.0866. The number of amides is 1. The van der Waals surface area contributed by atoms with E-state index < -0.39 is 36.0 Å². The molecule has 6 nitrogen and oxygen atoms in total. The molecule has 8 heteroatoms. The summed E-state index contributed by atoms with van der Waals surface area (Å²) in [5.41, 5.74) is -1.30. The van der Waals surface area contributed by atoms with E-state index in [4.69, 9.17) is 14.0 Å². The van der Waals surface area contributed by atoms with Crippen LogP contribution in [-0.4, -0.2) is 35.0 Å². The molecule has 1 aliphatic rings. The second kappa shape index (κ2) is 6.00. The number of anilines is 1. The van der Waals surface area contributed by atoms with Crippen LogP contribution in [0.25, 0.3) is 0 Å². The number of nitrogens with one attached hydrogen (secondary N) is 1. The van der Waals surface area contributed by atoms with Gasteiger partial charge in [-0.25, -0.2) is 9.78 Å². The molecule has 0 aromatic carbocycles. The molecular formula is C16H24BFN2O4. The Morgan fingerprint density at radius 3 is 2.29 bits per heavy atom. The van der Waals surface area contributed by atoms with Gasteiger partial charge in [0.05, 0.1) is 16.9 Å². The fourth-order valence-electron chi connectivity index (χ4n) is 2.07. The zero-order valence-corrected chi connectivity index (χ0v) is 15.2. The maximum absolute atomic E-state index is 13.9. The largest absolute Gasteiger partial charge is 0.496 e. The molecule has 0 radical (unpaired) electrons. The Morgan fingerprint density at radius 1 is 1.25 bits per heavy atom. The van der Waals surface area contributed by atoms with E-state index in [1.807, 2.05) is 27.7 Å². The zero-order chi connectivity index (χ0) is 18.3. The number of hydrogen-bond donors (Lipinski definition) is 1. The monoisotopic (exact) mass is 338 g/mol. The summed E-state index contributed by atoms with van der Waals surface area (Å²) in [6.07, 6.45) is 0.576. The van der Waals surface area contributed by atoms with E-state index in [2.05, 4.69) is 10.3 Å². The first-order valence-electron chi connectivity index (χ1n) is 7.82. The summed E-state index contributed by atoms with van der Waals surface area (Å²) < 4.78 is 30.8. The van der Waals surface area contributed by atoms with Gasteiger partial charge in [-0.3, -0.25) is 5.32 Å². The van der Waals surface area contributed by atoms with Gasteiger partial charge in [-0.05, 0) is 54.5 Å². The van der Waals surface area contributed by atoms with Crippen LogP contribution in [-0.2, 0) is 14.0 Å². The fraction of sp³-hybridized carbons (Fsp3) is 0.625. The van der Waals surface area contributed by atoms with Gasteiger partial charge in [-0.2, -0.15) is 4.39 Å². The van der Waals surface area contributed by atoms with Crippen LogP contribution < -0.4 is 10.8 Å². The van der Waals surface area contributed by atoms with Crippen LogP contribution in [0.1, 0.15) is 48.5 Å². The lowest BCUT2D eigenvalue weighted by molar-refractivity contribution is 0.00578. The van der Waals surface area contributed by atoms with E-state index in [0.717, 1.165) is 0 Å². The summed E-state index contributed by atoms with van der Waals surface area (Å²) in [5, 5.41) is 2.36.